The lowest BCUT2D eigenvalue weighted by molar-refractivity contribution is -0.0751. The molecular weight excluding hydrogens is 230 g/mol. The van der Waals surface area contributed by atoms with Crippen LogP contribution in [-0.2, 0) is 11.2 Å². The Morgan fingerprint density at radius 1 is 1.39 bits per heavy atom. The van der Waals surface area contributed by atoms with Crippen molar-refractivity contribution in [2.24, 2.45) is 0 Å². The average molecular weight is 251 g/mol. The van der Waals surface area contributed by atoms with E-state index in [4.69, 9.17) is 9.26 Å². The lowest BCUT2D eigenvalue weighted by atomic mass is 9.77. The van der Waals surface area contributed by atoms with Crippen molar-refractivity contribution in [2.75, 3.05) is 13.7 Å². The molecule has 0 spiro atoms. The molecule has 0 amide bonds. The van der Waals surface area contributed by atoms with Crippen LogP contribution in [-0.4, -0.2) is 29.4 Å². The molecule has 2 fully saturated rings. The molecule has 0 radical (unpaired) electrons. The standard InChI is InChI=1S/C13H21N3O2/c1-17-13(6-4-7-13)9-11-15-12(16-18-11)10-5-2-3-8-14-10/h10,14H,2-9H2,1H3. The van der Waals surface area contributed by atoms with Crippen LogP contribution in [0.5, 0.6) is 0 Å². The molecule has 2 heterocycles. The third kappa shape index (κ3) is 2.29. The van der Waals surface area contributed by atoms with Crippen LogP contribution < -0.4 is 5.32 Å². The zero-order chi connectivity index (χ0) is 12.4. The molecule has 1 atom stereocenters. The minimum atomic E-state index is -0.0379. The van der Waals surface area contributed by atoms with E-state index in [9.17, 15) is 0 Å². The Balaban J connectivity index is 1.65. The molecule has 0 bridgehead atoms. The maximum Gasteiger partial charge on any atom is 0.229 e. The predicted octanol–water partition coefficient (Wildman–Crippen LogP) is 2.00. The number of ether oxygens (including phenoxy) is 1. The van der Waals surface area contributed by atoms with Gasteiger partial charge in [-0.25, -0.2) is 0 Å². The molecule has 1 aliphatic carbocycles. The summed E-state index contributed by atoms with van der Waals surface area (Å²) in [6, 6.07) is 0.274. The van der Waals surface area contributed by atoms with E-state index in [1.165, 1.54) is 19.3 Å². The number of hydrogen-bond donors (Lipinski definition) is 1. The molecular formula is C13H21N3O2. The maximum atomic E-state index is 5.59. The van der Waals surface area contributed by atoms with E-state index in [1.807, 2.05) is 0 Å². The highest BCUT2D eigenvalue weighted by Crippen LogP contribution is 2.37. The van der Waals surface area contributed by atoms with Gasteiger partial charge in [0.25, 0.3) is 0 Å². The summed E-state index contributed by atoms with van der Waals surface area (Å²) in [5.74, 6) is 1.54. The SMILES string of the molecule is COC1(Cc2nc(C3CCCCN3)no2)CCC1. The first-order valence-electron chi connectivity index (χ1n) is 6.92. The fraction of sp³-hybridized carbons (Fsp3) is 0.846. The summed E-state index contributed by atoms with van der Waals surface area (Å²) >= 11 is 0. The number of methoxy groups -OCH3 is 1. The van der Waals surface area contributed by atoms with Gasteiger partial charge in [-0.3, -0.25) is 0 Å². The van der Waals surface area contributed by atoms with Crippen LogP contribution in [0.3, 0.4) is 0 Å². The Morgan fingerprint density at radius 3 is 2.89 bits per heavy atom. The summed E-state index contributed by atoms with van der Waals surface area (Å²) in [6.45, 7) is 1.05. The molecule has 5 heteroatoms. The van der Waals surface area contributed by atoms with Crippen molar-refractivity contribution in [1.82, 2.24) is 15.5 Å². The maximum absolute atomic E-state index is 5.59. The van der Waals surface area contributed by atoms with E-state index in [1.54, 1.807) is 7.11 Å². The van der Waals surface area contributed by atoms with Crippen LogP contribution in [0.15, 0.2) is 4.52 Å². The van der Waals surface area contributed by atoms with Crippen molar-refractivity contribution in [2.45, 2.75) is 56.6 Å². The first-order chi connectivity index (χ1) is 8.81. The van der Waals surface area contributed by atoms with Gasteiger partial charge >= 0.3 is 0 Å². The number of hydrogen-bond acceptors (Lipinski definition) is 5. The molecule has 1 aliphatic heterocycles. The molecule has 3 rings (SSSR count). The van der Waals surface area contributed by atoms with Crippen molar-refractivity contribution in [3.8, 4) is 0 Å². The largest absolute Gasteiger partial charge is 0.378 e. The molecule has 1 saturated heterocycles. The molecule has 100 valence electrons. The van der Waals surface area contributed by atoms with E-state index >= 15 is 0 Å². The molecule has 1 N–H and O–H groups in total. The van der Waals surface area contributed by atoms with Crippen molar-refractivity contribution < 1.29 is 9.26 Å². The lowest BCUT2D eigenvalue weighted by Crippen LogP contribution is -2.41. The second-order valence-electron chi connectivity index (χ2n) is 5.47. The van der Waals surface area contributed by atoms with Gasteiger partial charge in [0, 0.05) is 7.11 Å². The fourth-order valence-corrected chi connectivity index (χ4v) is 2.85. The Labute approximate surface area is 107 Å². The third-order valence-corrected chi connectivity index (χ3v) is 4.28. The second-order valence-corrected chi connectivity index (χ2v) is 5.47. The summed E-state index contributed by atoms with van der Waals surface area (Å²) in [4.78, 5) is 4.53. The van der Waals surface area contributed by atoms with Gasteiger partial charge < -0.3 is 14.6 Å². The Hall–Kier alpha value is -0.940. The smallest absolute Gasteiger partial charge is 0.229 e. The Kier molecular flexibility index (Phi) is 3.35. The summed E-state index contributed by atoms with van der Waals surface area (Å²) < 4.78 is 11.0. The van der Waals surface area contributed by atoms with Gasteiger partial charge in [0.15, 0.2) is 5.82 Å². The molecule has 5 nitrogen and oxygen atoms in total. The summed E-state index contributed by atoms with van der Waals surface area (Å²) in [5.41, 5.74) is -0.0379. The second kappa shape index (κ2) is 4.97. The van der Waals surface area contributed by atoms with Crippen molar-refractivity contribution in [3.63, 3.8) is 0 Å². The fourth-order valence-electron chi connectivity index (χ4n) is 2.85. The topological polar surface area (TPSA) is 60.2 Å². The van der Waals surface area contributed by atoms with E-state index in [-0.39, 0.29) is 11.6 Å². The van der Waals surface area contributed by atoms with Crippen molar-refractivity contribution in [3.05, 3.63) is 11.7 Å². The molecule has 2 aliphatic rings. The first-order valence-corrected chi connectivity index (χ1v) is 6.92. The Morgan fingerprint density at radius 2 is 2.28 bits per heavy atom. The van der Waals surface area contributed by atoms with Gasteiger partial charge in [-0.2, -0.15) is 4.98 Å². The van der Waals surface area contributed by atoms with Gasteiger partial charge in [-0.1, -0.05) is 11.6 Å². The number of nitrogens with zero attached hydrogens (tertiary/aromatic N) is 2. The molecule has 1 aromatic heterocycles. The van der Waals surface area contributed by atoms with Crippen molar-refractivity contribution >= 4 is 0 Å². The Bertz CT molecular complexity index is 389. The summed E-state index contributed by atoms with van der Waals surface area (Å²) in [7, 11) is 1.78. The zero-order valence-electron chi connectivity index (χ0n) is 10.9. The monoisotopic (exact) mass is 251 g/mol. The van der Waals surface area contributed by atoms with Crippen LogP contribution in [0.4, 0.5) is 0 Å². The minimum absolute atomic E-state index is 0.0379. The van der Waals surface area contributed by atoms with Gasteiger partial charge in [-0.15, -0.1) is 0 Å². The average Bonchev–Trinajstić information content (AvgIpc) is 2.83. The van der Waals surface area contributed by atoms with Crippen LogP contribution in [0.2, 0.25) is 0 Å². The quantitative estimate of drug-likeness (QED) is 0.886. The van der Waals surface area contributed by atoms with Gasteiger partial charge in [0.2, 0.25) is 5.89 Å². The molecule has 18 heavy (non-hydrogen) atoms. The highest BCUT2D eigenvalue weighted by Gasteiger charge is 2.39. The number of piperidine rings is 1. The van der Waals surface area contributed by atoms with Crippen LogP contribution in [0.1, 0.15) is 56.3 Å². The number of nitrogens with one attached hydrogen (secondary N) is 1. The third-order valence-electron chi connectivity index (χ3n) is 4.28. The normalized spacial score (nSPS) is 26.8. The predicted molar refractivity (Wildman–Crippen MR) is 66.2 cm³/mol. The number of aromatic nitrogens is 2. The molecule has 1 saturated carbocycles. The van der Waals surface area contributed by atoms with Crippen LogP contribution in [0, 0.1) is 0 Å². The van der Waals surface area contributed by atoms with E-state index in [0.717, 1.165) is 43.9 Å². The van der Waals surface area contributed by atoms with E-state index in [2.05, 4.69) is 15.5 Å². The van der Waals surface area contributed by atoms with Crippen LogP contribution in [0.25, 0.3) is 0 Å². The zero-order valence-corrected chi connectivity index (χ0v) is 10.9. The summed E-state index contributed by atoms with van der Waals surface area (Å²) in [5, 5.41) is 7.55. The van der Waals surface area contributed by atoms with Crippen LogP contribution >= 0.6 is 0 Å². The first kappa shape index (κ1) is 12.1. The van der Waals surface area contributed by atoms with Gasteiger partial charge in [0.05, 0.1) is 18.1 Å². The number of rotatable bonds is 4. The highest BCUT2D eigenvalue weighted by molar-refractivity contribution is 5.01. The minimum Gasteiger partial charge on any atom is -0.378 e. The molecule has 1 aromatic rings. The van der Waals surface area contributed by atoms with Gasteiger partial charge in [0.1, 0.15) is 0 Å². The molecule has 1 unspecified atom stereocenters. The van der Waals surface area contributed by atoms with Crippen molar-refractivity contribution in [1.29, 1.82) is 0 Å². The molecule has 0 aromatic carbocycles. The summed E-state index contributed by atoms with van der Waals surface area (Å²) in [6.07, 6.45) is 7.78. The lowest BCUT2D eigenvalue weighted by Gasteiger charge is -2.39. The van der Waals surface area contributed by atoms with Gasteiger partial charge in [-0.05, 0) is 38.6 Å². The van der Waals surface area contributed by atoms with E-state index < -0.39 is 0 Å². The van der Waals surface area contributed by atoms with E-state index in [0.29, 0.717) is 0 Å². The highest BCUT2D eigenvalue weighted by atomic mass is 16.5.